The number of amides is 1. The van der Waals surface area contributed by atoms with E-state index < -0.39 is 15.8 Å². The minimum atomic E-state index is -3.60. The first-order chi connectivity index (χ1) is 15.9. The Morgan fingerprint density at radius 2 is 1.82 bits per heavy atom. The topological polar surface area (TPSA) is 102 Å². The van der Waals surface area contributed by atoms with Crippen molar-refractivity contribution in [1.29, 1.82) is 0 Å². The number of rotatable bonds is 6. The molecule has 0 atom stereocenters. The molecule has 2 heterocycles. The summed E-state index contributed by atoms with van der Waals surface area (Å²) >= 11 is 0. The maximum atomic E-state index is 12.8. The number of nitrogens with zero attached hydrogens (tertiary/aromatic N) is 2. The van der Waals surface area contributed by atoms with E-state index in [1.807, 2.05) is 12.1 Å². The number of aryl methyl sites for hydroxylation is 2. The Bertz CT molecular complexity index is 1370. The molecule has 8 nitrogen and oxygen atoms in total. The number of hydrogen-bond acceptors (Lipinski definition) is 5. The second-order valence-corrected chi connectivity index (χ2v) is 10.6. The summed E-state index contributed by atoms with van der Waals surface area (Å²) < 4.78 is 33.8. The summed E-state index contributed by atoms with van der Waals surface area (Å²) in [6.45, 7) is 1.15. The molecule has 9 heteroatoms. The molecule has 0 spiro atoms. The first-order valence-corrected chi connectivity index (χ1v) is 12.9. The lowest BCUT2D eigenvalue weighted by Crippen LogP contribution is -2.27. The Labute approximate surface area is 192 Å². The van der Waals surface area contributed by atoms with Gasteiger partial charge in [0.25, 0.3) is 0 Å². The smallest absolute Gasteiger partial charge is 0.408 e. The Hall–Kier alpha value is -2.91. The second-order valence-electron chi connectivity index (χ2n) is 8.71. The first kappa shape index (κ1) is 21.9. The normalized spacial score (nSPS) is 16.7. The highest BCUT2D eigenvalue weighted by Gasteiger charge is 2.28. The van der Waals surface area contributed by atoms with Crippen molar-refractivity contribution in [2.75, 3.05) is 18.4 Å². The van der Waals surface area contributed by atoms with Crippen molar-refractivity contribution in [3.05, 3.63) is 58.1 Å². The van der Waals surface area contributed by atoms with Gasteiger partial charge in [-0.1, -0.05) is 12.1 Å². The molecule has 0 bridgehead atoms. The van der Waals surface area contributed by atoms with Crippen molar-refractivity contribution in [1.82, 2.24) is 8.87 Å². The van der Waals surface area contributed by atoms with Gasteiger partial charge in [-0.25, -0.2) is 13.2 Å². The summed E-state index contributed by atoms with van der Waals surface area (Å²) in [5.74, 6) is -0.783. The van der Waals surface area contributed by atoms with Crippen molar-refractivity contribution in [2.24, 2.45) is 0 Å². The fourth-order valence-electron chi connectivity index (χ4n) is 4.82. The molecule has 3 aromatic rings. The van der Waals surface area contributed by atoms with Gasteiger partial charge in [0.05, 0.1) is 10.4 Å². The van der Waals surface area contributed by atoms with Crippen LogP contribution in [0.2, 0.25) is 0 Å². The molecule has 1 aliphatic heterocycles. The van der Waals surface area contributed by atoms with E-state index in [1.54, 1.807) is 6.07 Å². The second kappa shape index (κ2) is 8.79. The van der Waals surface area contributed by atoms with Gasteiger partial charge in [-0.15, -0.1) is 0 Å². The van der Waals surface area contributed by atoms with E-state index in [9.17, 15) is 18.0 Å². The van der Waals surface area contributed by atoms with Gasteiger partial charge >= 0.3 is 5.76 Å². The summed E-state index contributed by atoms with van der Waals surface area (Å²) in [4.78, 5) is 25.2. The summed E-state index contributed by atoms with van der Waals surface area (Å²) in [6, 6.07) is 10.5. The number of nitrogens with one attached hydrogen (secondary N) is 1. The van der Waals surface area contributed by atoms with E-state index in [2.05, 4.69) is 11.4 Å². The molecule has 0 saturated carbocycles. The number of carbonyl (C=O) groups excluding carboxylic acids is 1. The Morgan fingerprint density at radius 1 is 1.03 bits per heavy atom. The average molecular weight is 470 g/mol. The van der Waals surface area contributed by atoms with Crippen LogP contribution in [0.25, 0.3) is 11.1 Å². The molecule has 1 aromatic heterocycles. The zero-order chi connectivity index (χ0) is 23.0. The van der Waals surface area contributed by atoms with E-state index >= 15 is 0 Å². The van der Waals surface area contributed by atoms with Gasteiger partial charge in [-0.3, -0.25) is 9.36 Å². The number of hydrogen-bond donors (Lipinski definition) is 1. The van der Waals surface area contributed by atoms with E-state index in [0.29, 0.717) is 18.6 Å². The van der Waals surface area contributed by atoms with Crippen LogP contribution in [0.4, 0.5) is 5.69 Å². The van der Waals surface area contributed by atoms with Crippen LogP contribution < -0.4 is 11.1 Å². The molecular weight excluding hydrogens is 442 g/mol. The number of fused-ring (bicyclic) bond motifs is 2. The first-order valence-electron chi connectivity index (χ1n) is 11.5. The quantitative estimate of drug-likeness (QED) is 0.597. The van der Waals surface area contributed by atoms with Crippen LogP contribution >= 0.6 is 0 Å². The molecule has 2 aliphatic rings. The molecule has 1 amide bonds. The molecule has 33 heavy (non-hydrogen) atoms. The maximum absolute atomic E-state index is 12.8. The molecule has 1 aliphatic carbocycles. The van der Waals surface area contributed by atoms with E-state index in [-0.39, 0.29) is 29.4 Å². The van der Waals surface area contributed by atoms with Crippen molar-refractivity contribution in [3.63, 3.8) is 0 Å². The van der Waals surface area contributed by atoms with Gasteiger partial charge < -0.3 is 9.73 Å². The molecular formula is C24H27N3O5S. The van der Waals surface area contributed by atoms with Gasteiger partial charge in [0.15, 0.2) is 5.58 Å². The van der Waals surface area contributed by atoms with E-state index in [4.69, 9.17) is 4.42 Å². The third-order valence-electron chi connectivity index (χ3n) is 6.58. The zero-order valence-electron chi connectivity index (χ0n) is 18.4. The van der Waals surface area contributed by atoms with Gasteiger partial charge in [0, 0.05) is 37.8 Å². The van der Waals surface area contributed by atoms with Crippen molar-refractivity contribution < 1.29 is 17.6 Å². The molecule has 5 rings (SSSR count). The van der Waals surface area contributed by atoms with Gasteiger partial charge in [0.2, 0.25) is 15.9 Å². The van der Waals surface area contributed by atoms with Gasteiger partial charge in [-0.05, 0) is 67.9 Å². The van der Waals surface area contributed by atoms with E-state index in [0.717, 1.165) is 37.8 Å². The minimum Gasteiger partial charge on any atom is -0.408 e. The Morgan fingerprint density at radius 3 is 2.64 bits per heavy atom. The van der Waals surface area contributed by atoms with Crippen LogP contribution in [-0.2, 0) is 34.2 Å². The van der Waals surface area contributed by atoms with Gasteiger partial charge in [-0.2, -0.15) is 4.31 Å². The fraction of sp³-hybridized carbons (Fsp3) is 0.417. The molecule has 0 unspecified atom stereocenters. The van der Waals surface area contributed by atoms with Crippen LogP contribution in [0.5, 0.6) is 0 Å². The monoisotopic (exact) mass is 469 g/mol. The molecule has 1 fully saturated rings. The van der Waals surface area contributed by atoms with Crippen molar-refractivity contribution in [3.8, 4) is 0 Å². The molecule has 1 saturated heterocycles. The molecule has 2 aromatic carbocycles. The SMILES string of the molecule is O=C(CCn1c(=O)oc2cc(S(=O)(=O)N3CCCC3)ccc21)Nc1cccc2c1CCCC2. The average Bonchev–Trinajstić information content (AvgIpc) is 3.46. The lowest BCUT2D eigenvalue weighted by molar-refractivity contribution is -0.116. The fourth-order valence-corrected chi connectivity index (χ4v) is 6.35. The Kier molecular flexibility index (Phi) is 5.84. The number of aromatic nitrogens is 1. The number of oxazole rings is 1. The van der Waals surface area contributed by atoms with E-state index in [1.165, 1.54) is 38.6 Å². The number of sulfonamides is 1. The highest BCUT2D eigenvalue weighted by molar-refractivity contribution is 7.89. The standard InChI is InChI=1S/C24H27N3O5S/c28-23(25-20-9-5-7-17-6-1-2-8-19(17)20)12-15-27-21-11-10-18(16-22(21)32-24(27)29)33(30,31)26-13-3-4-14-26/h5,7,9-11,16H,1-4,6,8,12-15H2,(H,25,28). The van der Waals surface area contributed by atoms with Crippen LogP contribution in [0.3, 0.4) is 0 Å². The summed E-state index contributed by atoms with van der Waals surface area (Å²) in [5, 5.41) is 2.99. The van der Waals surface area contributed by atoms with Crippen molar-refractivity contribution >= 4 is 32.7 Å². The Balaban J connectivity index is 1.32. The number of benzene rings is 2. The van der Waals surface area contributed by atoms with Crippen LogP contribution in [-0.4, -0.2) is 36.3 Å². The van der Waals surface area contributed by atoms with Crippen LogP contribution in [0, 0.1) is 0 Å². The number of carbonyl (C=O) groups is 1. The summed E-state index contributed by atoms with van der Waals surface area (Å²) in [6.07, 6.45) is 6.08. The predicted molar refractivity (Wildman–Crippen MR) is 125 cm³/mol. The molecule has 1 N–H and O–H groups in total. The minimum absolute atomic E-state index is 0.103. The van der Waals surface area contributed by atoms with Crippen LogP contribution in [0.15, 0.2) is 50.5 Å². The van der Waals surface area contributed by atoms with Gasteiger partial charge in [0.1, 0.15) is 0 Å². The lowest BCUT2D eigenvalue weighted by Gasteiger charge is -2.19. The zero-order valence-corrected chi connectivity index (χ0v) is 19.2. The summed E-state index contributed by atoms with van der Waals surface area (Å²) in [5.41, 5.74) is 4.02. The highest BCUT2D eigenvalue weighted by Crippen LogP contribution is 2.28. The molecule has 0 radical (unpaired) electrons. The maximum Gasteiger partial charge on any atom is 0.419 e. The summed E-state index contributed by atoms with van der Waals surface area (Å²) in [7, 11) is -3.60. The third-order valence-corrected chi connectivity index (χ3v) is 8.47. The number of anilines is 1. The predicted octanol–water partition coefficient (Wildman–Crippen LogP) is 3.29. The van der Waals surface area contributed by atoms with Crippen molar-refractivity contribution in [2.45, 2.75) is 56.4 Å². The largest absolute Gasteiger partial charge is 0.419 e. The highest BCUT2D eigenvalue weighted by atomic mass is 32.2. The lowest BCUT2D eigenvalue weighted by atomic mass is 9.90. The van der Waals surface area contributed by atoms with Crippen LogP contribution in [0.1, 0.15) is 43.2 Å². The molecule has 174 valence electrons. The third kappa shape index (κ3) is 4.22.